The number of rotatable bonds is 12. The Kier molecular flexibility index (Phi) is 10.4. The fourth-order valence-electron chi connectivity index (χ4n) is 4.91. The van der Waals surface area contributed by atoms with Gasteiger partial charge < -0.3 is 10.2 Å². The van der Waals surface area contributed by atoms with Gasteiger partial charge in [0.25, 0.3) is 10.0 Å². The molecule has 1 N–H and O–H groups in total. The summed E-state index contributed by atoms with van der Waals surface area (Å²) in [6.07, 6.45) is 0.271. The standard InChI is InChI=1S/C35H39N3O4S/c1-26(2)36-35(40)33(23-29-14-7-5-8-15-29)37(24-30-16-9-6-10-17-30)34(39)25-38(32-18-12-11-13-28(32)4)43(41,42)31-21-19-27(3)20-22-31/h5-22,26,33H,23-25H2,1-4H3,(H,36,40). The first-order valence-corrected chi connectivity index (χ1v) is 15.8. The van der Waals surface area contributed by atoms with Crippen molar-refractivity contribution in [2.24, 2.45) is 0 Å². The van der Waals surface area contributed by atoms with Crippen molar-refractivity contribution >= 4 is 27.5 Å². The van der Waals surface area contributed by atoms with Gasteiger partial charge in [0.2, 0.25) is 11.8 Å². The molecule has 4 aromatic rings. The Morgan fingerprint density at radius 3 is 1.88 bits per heavy atom. The lowest BCUT2D eigenvalue weighted by atomic mass is 10.0. The van der Waals surface area contributed by atoms with Gasteiger partial charge in [-0.05, 0) is 62.6 Å². The third-order valence-corrected chi connectivity index (χ3v) is 8.94. The molecule has 0 spiro atoms. The van der Waals surface area contributed by atoms with Gasteiger partial charge in [-0.15, -0.1) is 0 Å². The van der Waals surface area contributed by atoms with Crippen molar-refractivity contribution in [1.82, 2.24) is 10.2 Å². The van der Waals surface area contributed by atoms with Gasteiger partial charge in [0.15, 0.2) is 0 Å². The van der Waals surface area contributed by atoms with Crippen molar-refractivity contribution in [1.29, 1.82) is 0 Å². The number of carbonyl (C=O) groups excluding carboxylic acids is 2. The van der Waals surface area contributed by atoms with Crippen LogP contribution in [-0.4, -0.2) is 43.8 Å². The summed E-state index contributed by atoms with van der Waals surface area (Å²) in [6, 6.07) is 31.6. The number of para-hydroxylation sites is 1. The summed E-state index contributed by atoms with van der Waals surface area (Å²) >= 11 is 0. The molecule has 0 radical (unpaired) electrons. The molecule has 1 unspecified atom stereocenters. The molecule has 0 aliphatic rings. The lowest BCUT2D eigenvalue weighted by Gasteiger charge is -2.34. The first-order chi connectivity index (χ1) is 20.6. The van der Waals surface area contributed by atoms with Crippen molar-refractivity contribution in [3.63, 3.8) is 0 Å². The second-order valence-electron chi connectivity index (χ2n) is 11.0. The third-order valence-electron chi connectivity index (χ3n) is 7.17. The zero-order valence-corrected chi connectivity index (χ0v) is 25.9. The van der Waals surface area contributed by atoms with Crippen LogP contribution in [0.3, 0.4) is 0 Å². The Balaban J connectivity index is 1.80. The Bertz CT molecular complexity index is 1620. The topological polar surface area (TPSA) is 86.8 Å². The molecule has 0 heterocycles. The van der Waals surface area contributed by atoms with E-state index in [0.29, 0.717) is 11.3 Å². The second kappa shape index (κ2) is 14.2. The van der Waals surface area contributed by atoms with E-state index in [-0.39, 0.29) is 29.8 Å². The van der Waals surface area contributed by atoms with Crippen molar-refractivity contribution < 1.29 is 18.0 Å². The summed E-state index contributed by atoms with van der Waals surface area (Å²) in [7, 11) is -4.13. The number of sulfonamides is 1. The summed E-state index contributed by atoms with van der Waals surface area (Å²) in [5.74, 6) is -0.783. The highest BCUT2D eigenvalue weighted by molar-refractivity contribution is 7.92. The number of hydrogen-bond acceptors (Lipinski definition) is 4. The predicted octanol–water partition coefficient (Wildman–Crippen LogP) is 5.66. The normalized spacial score (nSPS) is 12.0. The molecule has 224 valence electrons. The van der Waals surface area contributed by atoms with Gasteiger partial charge in [-0.2, -0.15) is 0 Å². The van der Waals surface area contributed by atoms with E-state index in [2.05, 4.69) is 5.32 Å². The molecule has 0 aromatic heterocycles. The molecule has 1 atom stereocenters. The van der Waals surface area contributed by atoms with Gasteiger partial charge in [0.1, 0.15) is 12.6 Å². The molecule has 0 fully saturated rings. The number of carbonyl (C=O) groups is 2. The number of hydrogen-bond donors (Lipinski definition) is 1. The highest BCUT2D eigenvalue weighted by Gasteiger charge is 2.35. The average molecular weight is 598 g/mol. The molecule has 0 saturated carbocycles. The second-order valence-corrected chi connectivity index (χ2v) is 12.8. The van der Waals surface area contributed by atoms with E-state index in [9.17, 15) is 18.0 Å². The van der Waals surface area contributed by atoms with E-state index in [1.165, 1.54) is 4.90 Å². The minimum Gasteiger partial charge on any atom is -0.352 e. The maximum absolute atomic E-state index is 14.4. The molecule has 2 amide bonds. The van der Waals surface area contributed by atoms with Crippen molar-refractivity contribution in [3.8, 4) is 0 Å². The average Bonchev–Trinajstić information content (AvgIpc) is 2.99. The Morgan fingerprint density at radius 2 is 1.30 bits per heavy atom. The zero-order valence-electron chi connectivity index (χ0n) is 25.1. The van der Waals surface area contributed by atoms with Crippen LogP contribution in [0.1, 0.15) is 36.1 Å². The van der Waals surface area contributed by atoms with E-state index >= 15 is 0 Å². The maximum atomic E-state index is 14.4. The van der Waals surface area contributed by atoms with Gasteiger partial charge in [0.05, 0.1) is 10.6 Å². The van der Waals surface area contributed by atoms with E-state index in [1.54, 1.807) is 36.4 Å². The maximum Gasteiger partial charge on any atom is 0.264 e. The quantitative estimate of drug-likeness (QED) is 0.228. The van der Waals surface area contributed by atoms with Crippen LogP contribution in [0.15, 0.2) is 114 Å². The monoisotopic (exact) mass is 597 g/mol. The number of anilines is 1. The SMILES string of the molecule is Cc1ccc(S(=O)(=O)N(CC(=O)N(Cc2ccccc2)C(Cc2ccccc2)C(=O)NC(C)C)c2ccccc2C)cc1. The van der Waals surface area contributed by atoms with E-state index in [1.807, 2.05) is 100 Å². The molecule has 7 nitrogen and oxygen atoms in total. The van der Waals surface area contributed by atoms with E-state index < -0.39 is 28.5 Å². The van der Waals surface area contributed by atoms with Crippen LogP contribution in [0, 0.1) is 13.8 Å². The van der Waals surface area contributed by atoms with E-state index in [0.717, 1.165) is 21.0 Å². The van der Waals surface area contributed by atoms with Crippen LogP contribution in [-0.2, 0) is 32.6 Å². The molecule has 0 saturated heterocycles. The smallest absolute Gasteiger partial charge is 0.264 e. The number of aryl methyl sites for hydroxylation is 2. The van der Waals surface area contributed by atoms with Gasteiger partial charge in [-0.1, -0.05) is 96.6 Å². The van der Waals surface area contributed by atoms with Gasteiger partial charge >= 0.3 is 0 Å². The number of benzene rings is 4. The first kappa shape index (κ1) is 31.5. The summed E-state index contributed by atoms with van der Waals surface area (Å²) in [6.45, 7) is 7.09. The summed E-state index contributed by atoms with van der Waals surface area (Å²) in [4.78, 5) is 29.7. The molecule has 43 heavy (non-hydrogen) atoms. The molecule has 0 bridgehead atoms. The first-order valence-electron chi connectivity index (χ1n) is 14.4. The fraction of sp³-hybridized carbons (Fsp3) is 0.257. The Morgan fingerprint density at radius 1 is 0.744 bits per heavy atom. The summed E-state index contributed by atoms with van der Waals surface area (Å²) in [5.41, 5.74) is 3.75. The number of amides is 2. The number of nitrogens with one attached hydrogen (secondary N) is 1. The highest BCUT2D eigenvalue weighted by Crippen LogP contribution is 2.28. The van der Waals surface area contributed by atoms with Gasteiger partial charge in [0, 0.05) is 19.0 Å². The minimum atomic E-state index is -4.13. The Hall–Kier alpha value is -4.43. The summed E-state index contributed by atoms with van der Waals surface area (Å²) < 4.78 is 29.4. The molecule has 4 rings (SSSR count). The van der Waals surface area contributed by atoms with Crippen LogP contribution >= 0.6 is 0 Å². The van der Waals surface area contributed by atoms with Crippen LogP contribution in [0.4, 0.5) is 5.69 Å². The van der Waals surface area contributed by atoms with Crippen molar-refractivity contribution in [2.75, 3.05) is 10.8 Å². The third kappa shape index (κ3) is 8.11. The van der Waals surface area contributed by atoms with Crippen molar-refractivity contribution in [2.45, 2.75) is 57.6 Å². The van der Waals surface area contributed by atoms with Crippen LogP contribution < -0.4 is 9.62 Å². The molecule has 8 heteroatoms. The van der Waals surface area contributed by atoms with Crippen molar-refractivity contribution in [3.05, 3.63) is 131 Å². The molecular formula is C35H39N3O4S. The molecule has 0 aliphatic carbocycles. The fourth-order valence-corrected chi connectivity index (χ4v) is 6.39. The lowest BCUT2D eigenvalue weighted by Crippen LogP contribution is -2.54. The van der Waals surface area contributed by atoms with Gasteiger partial charge in [-0.25, -0.2) is 8.42 Å². The number of nitrogens with zero attached hydrogens (tertiary/aromatic N) is 2. The van der Waals surface area contributed by atoms with Crippen LogP contribution in [0.2, 0.25) is 0 Å². The minimum absolute atomic E-state index is 0.0853. The van der Waals surface area contributed by atoms with Crippen LogP contribution in [0.25, 0.3) is 0 Å². The Labute approximate surface area is 255 Å². The zero-order chi connectivity index (χ0) is 31.0. The predicted molar refractivity (Wildman–Crippen MR) is 171 cm³/mol. The largest absolute Gasteiger partial charge is 0.352 e. The highest BCUT2D eigenvalue weighted by atomic mass is 32.2. The lowest BCUT2D eigenvalue weighted by molar-refractivity contribution is -0.140. The molecule has 4 aromatic carbocycles. The van der Waals surface area contributed by atoms with Gasteiger partial charge in [-0.3, -0.25) is 13.9 Å². The van der Waals surface area contributed by atoms with Crippen LogP contribution in [0.5, 0.6) is 0 Å². The molecule has 0 aliphatic heterocycles. The van der Waals surface area contributed by atoms with E-state index in [4.69, 9.17) is 0 Å². The summed E-state index contributed by atoms with van der Waals surface area (Å²) in [5, 5.41) is 2.98. The molecular weight excluding hydrogens is 558 g/mol.